The van der Waals surface area contributed by atoms with Gasteiger partial charge in [-0.2, -0.15) is 0 Å². The van der Waals surface area contributed by atoms with E-state index in [1.807, 2.05) is 6.08 Å². The Balaban J connectivity index is 4.58. The molecule has 0 radical (unpaired) electrons. The van der Waals surface area contributed by atoms with E-state index in [0.717, 1.165) is 44.9 Å². The second-order valence-corrected chi connectivity index (χ2v) is 11.7. The van der Waals surface area contributed by atoms with E-state index in [1.165, 1.54) is 12.8 Å². The predicted octanol–water partition coefficient (Wildman–Crippen LogP) is 6.01. The number of esters is 2. The number of allylic oxidation sites excluding steroid dienone is 8. The van der Waals surface area contributed by atoms with E-state index in [2.05, 4.69) is 56.4 Å². The number of carbonyl (C=O) groups is 3. The van der Waals surface area contributed by atoms with Crippen LogP contribution in [0, 0.1) is 0 Å². The minimum atomic E-state index is -1.14. The Bertz CT molecular complexity index is 855. The molecule has 0 saturated heterocycles. The van der Waals surface area contributed by atoms with Crippen LogP contribution in [0.25, 0.3) is 0 Å². The summed E-state index contributed by atoms with van der Waals surface area (Å²) in [6.45, 7) is 4.34. The van der Waals surface area contributed by atoms with Gasteiger partial charge in [-0.25, -0.2) is 0 Å². The number of likely N-dealkylation sites (N-methyl/N-ethyl adjacent to an activating group) is 1. The molecule has 0 aliphatic carbocycles. The number of rotatable bonds is 27. The zero-order valence-corrected chi connectivity index (χ0v) is 27.6. The molecule has 0 aliphatic heterocycles. The van der Waals surface area contributed by atoms with Crippen LogP contribution in [-0.4, -0.2) is 75.5 Å². The number of hydrogen-bond donors (Lipinski definition) is 0. The van der Waals surface area contributed by atoms with Crippen molar-refractivity contribution in [2.45, 2.75) is 116 Å². The maximum Gasteiger partial charge on any atom is 0.306 e. The highest BCUT2D eigenvalue weighted by molar-refractivity contribution is 5.70. The van der Waals surface area contributed by atoms with Crippen LogP contribution in [0.2, 0.25) is 0 Å². The summed E-state index contributed by atoms with van der Waals surface area (Å²) in [6, 6.07) is -0.734. The number of quaternary nitrogens is 1. The van der Waals surface area contributed by atoms with Crippen molar-refractivity contribution in [1.29, 1.82) is 0 Å². The second kappa shape index (κ2) is 26.9. The van der Waals surface area contributed by atoms with Crippen LogP contribution in [-0.2, 0) is 28.6 Å². The molecule has 0 N–H and O–H groups in total. The fraction of sp³-hybridized carbons (Fsp3) is 0.686. The summed E-state index contributed by atoms with van der Waals surface area (Å²) < 4.78 is 16.8. The van der Waals surface area contributed by atoms with Gasteiger partial charge in [0.2, 0.25) is 0 Å². The summed E-state index contributed by atoms with van der Waals surface area (Å²) in [5.74, 6) is -1.87. The molecule has 246 valence electrons. The molecule has 0 amide bonds. The molecule has 8 heteroatoms. The van der Waals surface area contributed by atoms with E-state index in [1.54, 1.807) is 21.1 Å². The average molecular weight is 606 g/mol. The van der Waals surface area contributed by atoms with Gasteiger partial charge in [0.05, 0.1) is 40.3 Å². The van der Waals surface area contributed by atoms with Gasteiger partial charge in [-0.15, -0.1) is 0 Å². The number of ether oxygens (including phenoxy) is 3. The summed E-state index contributed by atoms with van der Waals surface area (Å²) in [5.41, 5.74) is 0. The van der Waals surface area contributed by atoms with Gasteiger partial charge in [0, 0.05) is 19.3 Å². The molecule has 0 aromatic rings. The maximum absolute atomic E-state index is 12.4. The lowest BCUT2D eigenvalue weighted by molar-refractivity contribution is -0.889. The molecular weight excluding hydrogens is 546 g/mol. The molecule has 0 aliphatic rings. The molecule has 8 nitrogen and oxygen atoms in total. The first kappa shape index (κ1) is 40.3. The molecule has 43 heavy (non-hydrogen) atoms. The van der Waals surface area contributed by atoms with Gasteiger partial charge in [0.25, 0.3) is 0 Å². The van der Waals surface area contributed by atoms with Crippen molar-refractivity contribution in [3.8, 4) is 0 Å². The van der Waals surface area contributed by atoms with Crippen LogP contribution < -0.4 is 5.11 Å². The van der Waals surface area contributed by atoms with E-state index in [0.29, 0.717) is 19.3 Å². The molecule has 0 fully saturated rings. The van der Waals surface area contributed by atoms with Crippen LogP contribution in [0.5, 0.6) is 0 Å². The molecule has 0 aromatic carbocycles. The lowest BCUT2D eigenvalue weighted by atomic mass is 10.1. The van der Waals surface area contributed by atoms with Crippen molar-refractivity contribution in [1.82, 2.24) is 0 Å². The van der Waals surface area contributed by atoms with Crippen molar-refractivity contribution >= 4 is 17.9 Å². The topological polar surface area (TPSA) is 102 Å². The number of nitrogens with zero attached hydrogens (tertiary/aromatic N) is 1. The largest absolute Gasteiger partial charge is 0.544 e. The molecule has 0 saturated carbocycles. The van der Waals surface area contributed by atoms with Crippen LogP contribution in [0.15, 0.2) is 48.6 Å². The smallest absolute Gasteiger partial charge is 0.306 e. The summed E-state index contributed by atoms with van der Waals surface area (Å²) in [4.78, 5) is 36.3. The molecule has 0 heterocycles. The van der Waals surface area contributed by atoms with Gasteiger partial charge >= 0.3 is 11.9 Å². The number of aliphatic carboxylic acids is 1. The fourth-order valence-corrected chi connectivity index (χ4v) is 4.16. The summed E-state index contributed by atoms with van der Waals surface area (Å²) >= 11 is 0. The van der Waals surface area contributed by atoms with Crippen LogP contribution in [0.1, 0.15) is 104 Å². The highest BCUT2D eigenvalue weighted by atomic mass is 16.6. The Morgan fingerprint density at radius 1 is 0.721 bits per heavy atom. The highest BCUT2D eigenvalue weighted by Gasteiger charge is 2.25. The predicted molar refractivity (Wildman–Crippen MR) is 171 cm³/mol. The Morgan fingerprint density at radius 2 is 1.33 bits per heavy atom. The number of carboxylic acids is 1. The van der Waals surface area contributed by atoms with Crippen molar-refractivity contribution in [2.75, 3.05) is 41.0 Å². The van der Waals surface area contributed by atoms with Crippen LogP contribution in [0.4, 0.5) is 0 Å². The van der Waals surface area contributed by atoms with E-state index in [4.69, 9.17) is 14.2 Å². The highest BCUT2D eigenvalue weighted by Crippen LogP contribution is 2.10. The fourth-order valence-electron chi connectivity index (χ4n) is 4.16. The third-order valence-electron chi connectivity index (χ3n) is 6.71. The van der Waals surface area contributed by atoms with Crippen molar-refractivity contribution in [2.24, 2.45) is 0 Å². The Kier molecular flexibility index (Phi) is 25.2. The zero-order valence-electron chi connectivity index (χ0n) is 27.6. The standard InChI is InChI=1S/C35H59NO7/c1-6-8-10-12-14-15-16-17-18-20-21-23-25-33(37)42-30-31(29-41-28-27-32(35(39)40)36(3,4)5)43-34(38)26-24-22-19-13-11-9-7-2/h8,10,14-15,17-19,22,31-32H,6-7,9,11-13,16,20-21,23-30H2,1-5H3/b10-8+,15-14+,18-17+,22-19+. The lowest BCUT2D eigenvalue weighted by Crippen LogP contribution is -2.55. The number of carboxylic acid groups (broad SMARTS) is 1. The van der Waals surface area contributed by atoms with Gasteiger partial charge in [0.1, 0.15) is 12.6 Å². The third kappa shape index (κ3) is 25.5. The van der Waals surface area contributed by atoms with E-state index in [9.17, 15) is 19.5 Å². The zero-order chi connectivity index (χ0) is 32.2. The lowest BCUT2D eigenvalue weighted by Gasteiger charge is -2.34. The summed E-state index contributed by atoms with van der Waals surface area (Å²) in [7, 11) is 5.35. The van der Waals surface area contributed by atoms with E-state index >= 15 is 0 Å². The first-order valence-electron chi connectivity index (χ1n) is 16.2. The molecule has 0 bridgehead atoms. The SMILES string of the molecule is CC/C=C/C/C=C/C/C=C/CCCCC(=O)OCC(COCCC(C(=O)[O-])[N+](C)(C)C)OC(=O)CC/C=C/CCCCC. The molecule has 0 rings (SSSR count). The first-order valence-corrected chi connectivity index (χ1v) is 16.2. The molecule has 0 aromatic heterocycles. The normalized spacial score (nSPS) is 13.8. The van der Waals surface area contributed by atoms with E-state index in [-0.39, 0.29) is 49.1 Å². The van der Waals surface area contributed by atoms with Gasteiger partial charge in [0.15, 0.2) is 6.10 Å². The monoisotopic (exact) mass is 605 g/mol. The van der Waals surface area contributed by atoms with Crippen molar-refractivity contribution in [3.05, 3.63) is 48.6 Å². The quantitative estimate of drug-likeness (QED) is 0.0489. The minimum Gasteiger partial charge on any atom is -0.544 e. The molecule has 2 atom stereocenters. The molecule has 0 spiro atoms. The Morgan fingerprint density at radius 3 is 1.95 bits per heavy atom. The Labute approximate surface area is 261 Å². The second-order valence-electron chi connectivity index (χ2n) is 11.7. The molecular formula is C35H59NO7. The van der Waals surface area contributed by atoms with Crippen LogP contribution >= 0.6 is 0 Å². The van der Waals surface area contributed by atoms with E-state index < -0.39 is 18.1 Å². The number of carbonyl (C=O) groups excluding carboxylic acids is 3. The number of hydrogen-bond acceptors (Lipinski definition) is 7. The summed E-state index contributed by atoms with van der Waals surface area (Å²) in [5, 5.41) is 11.5. The maximum atomic E-state index is 12.4. The Hall–Kier alpha value is -2.71. The average Bonchev–Trinajstić information content (AvgIpc) is 2.94. The van der Waals surface area contributed by atoms with Gasteiger partial charge in [-0.05, 0) is 57.8 Å². The molecule has 2 unspecified atom stereocenters. The van der Waals surface area contributed by atoms with Crippen LogP contribution in [0.3, 0.4) is 0 Å². The number of unbranched alkanes of at least 4 members (excludes halogenated alkanes) is 5. The van der Waals surface area contributed by atoms with Crippen molar-refractivity contribution < 1.29 is 38.2 Å². The first-order chi connectivity index (χ1) is 20.6. The third-order valence-corrected chi connectivity index (χ3v) is 6.71. The summed E-state index contributed by atoms with van der Waals surface area (Å²) in [6.07, 6.45) is 27.5. The minimum absolute atomic E-state index is 0.0108. The van der Waals surface area contributed by atoms with Gasteiger partial charge in [-0.1, -0.05) is 75.3 Å². The van der Waals surface area contributed by atoms with Gasteiger partial charge < -0.3 is 28.6 Å². The van der Waals surface area contributed by atoms with Crippen molar-refractivity contribution in [3.63, 3.8) is 0 Å². The van der Waals surface area contributed by atoms with Gasteiger partial charge in [-0.3, -0.25) is 9.59 Å².